The van der Waals surface area contributed by atoms with Crippen molar-refractivity contribution in [2.45, 2.75) is 39.7 Å². The van der Waals surface area contributed by atoms with E-state index in [9.17, 15) is 4.79 Å². The first-order valence-electron chi connectivity index (χ1n) is 10.1. The van der Waals surface area contributed by atoms with E-state index in [0.717, 1.165) is 45.0 Å². The van der Waals surface area contributed by atoms with Crippen LogP contribution in [0.4, 0.5) is 0 Å². The summed E-state index contributed by atoms with van der Waals surface area (Å²) in [6.45, 7) is 9.64. The highest BCUT2D eigenvalue weighted by molar-refractivity contribution is 14.0. The monoisotopic (exact) mass is 502 g/mol. The van der Waals surface area contributed by atoms with Gasteiger partial charge in [0.2, 0.25) is 5.91 Å². The molecule has 0 aliphatic carbocycles. The van der Waals surface area contributed by atoms with Gasteiger partial charge < -0.3 is 20.3 Å². The number of hydrogen-bond acceptors (Lipinski definition) is 3. The Morgan fingerprint density at radius 3 is 2.75 bits per heavy atom. The number of carbonyl (C=O) groups excluding carboxylic acids is 1. The van der Waals surface area contributed by atoms with Crippen molar-refractivity contribution in [3.05, 3.63) is 35.9 Å². The zero-order valence-corrected chi connectivity index (χ0v) is 19.5. The van der Waals surface area contributed by atoms with Crippen molar-refractivity contribution in [3.8, 4) is 0 Å². The molecule has 1 aliphatic rings. The highest BCUT2D eigenvalue weighted by Gasteiger charge is 2.18. The molecule has 0 aromatic heterocycles. The van der Waals surface area contributed by atoms with E-state index in [1.807, 2.05) is 23.1 Å². The van der Waals surface area contributed by atoms with Crippen molar-refractivity contribution in [2.24, 2.45) is 10.9 Å². The van der Waals surface area contributed by atoms with Crippen molar-refractivity contribution in [1.29, 1.82) is 0 Å². The minimum atomic E-state index is 0. The second kappa shape index (κ2) is 14.6. The Hall–Kier alpha value is -1.35. The molecule has 0 radical (unpaired) electrons. The summed E-state index contributed by atoms with van der Waals surface area (Å²) in [7, 11) is 0. The number of nitrogens with one attached hydrogen (secondary N) is 2. The summed E-state index contributed by atoms with van der Waals surface area (Å²) in [5, 5.41) is 6.63. The molecule has 1 amide bonds. The topological polar surface area (TPSA) is 66.0 Å². The molecule has 1 atom stereocenters. The SMILES string of the molecule is CCNC(=NCC(C)COCc1ccccc1)NCCCN1CCCC1=O.I. The largest absolute Gasteiger partial charge is 0.376 e. The Labute approximate surface area is 186 Å². The Morgan fingerprint density at radius 2 is 2.07 bits per heavy atom. The van der Waals surface area contributed by atoms with E-state index < -0.39 is 0 Å². The van der Waals surface area contributed by atoms with Gasteiger partial charge in [-0.15, -0.1) is 24.0 Å². The van der Waals surface area contributed by atoms with E-state index >= 15 is 0 Å². The van der Waals surface area contributed by atoms with Gasteiger partial charge in [0.25, 0.3) is 0 Å². The molecule has 0 saturated carbocycles. The van der Waals surface area contributed by atoms with Crippen molar-refractivity contribution >= 4 is 35.8 Å². The molecule has 2 N–H and O–H groups in total. The highest BCUT2D eigenvalue weighted by atomic mass is 127. The van der Waals surface area contributed by atoms with Gasteiger partial charge in [0.15, 0.2) is 5.96 Å². The van der Waals surface area contributed by atoms with Crippen LogP contribution < -0.4 is 10.6 Å². The summed E-state index contributed by atoms with van der Waals surface area (Å²) in [4.78, 5) is 18.2. The van der Waals surface area contributed by atoms with Gasteiger partial charge in [0, 0.05) is 39.1 Å². The second-order valence-corrected chi connectivity index (χ2v) is 7.09. The normalized spacial score (nSPS) is 15.3. The summed E-state index contributed by atoms with van der Waals surface area (Å²) in [6, 6.07) is 10.2. The van der Waals surface area contributed by atoms with Crippen LogP contribution in [0.25, 0.3) is 0 Å². The number of ether oxygens (including phenoxy) is 1. The predicted molar refractivity (Wildman–Crippen MR) is 125 cm³/mol. The number of nitrogens with zero attached hydrogens (tertiary/aromatic N) is 2. The lowest BCUT2D eigenvalue weighted by molar-refractivity contribution is -0.127. The van der Waals surface area contributed by atoms with Crippen molar-refractivity contribution < 1.29 is 9.53 Å². The fourth-order valence-corrected chi connectivity index (χ4v) is 3.01. The van der Waals surface area contributed by atoms with Crippen LogP contribution >= 0.6 is 24.0 Å². The molecule has 0 spiro atoms. The maximum atomic E-state index is 11.6. The van der Waals surface area contributed by atoms with Gasteiger partial charge in [-0.1, -0.05) is 37.3 Å². The molecule has 158 valence electrons. The van der Waals surface area contributed by atoms with E-state index in [4.69, 9.17) is 4.74 Å². The zero-order chi connectivity index (χ0) is 19.3. The maximum absolute atomic E-state index is 11.6. The first-order valence-corrected chi connectivity index (χ1v) is 10.1. The minimum absolute atomic E-state index is 0. The molecule has 28 heavy (non-hydrogen) atoms. The number of hydrogen-bond donors (Lipinski definition) is 2. The fraction of sp³-hybridized carbons (Fsp3) is 0.619. The number of benzene rings is 1. The van der Waals surface area contributed by atoms with Crippen molar-refractivity contribution in [2.75, 3.05) is 39.3 Å². The molecule has 1 unspecified atom stereocenters. The van der Waals surface area contributed by atoms with Gasteiger partial charge in [-0.2, -0.15) is 0 Å². The van der Waals surface area contributed by atoms with Crippen LogP contribution in [0.5, 0.6) is 0 Å². The smallest absolute Gasteiger partial charge is 0.222 e. The Balaban J connectivity index is 0.00000392. The molecular weight excluding hydrogens is 467 g/mol. The van der Waals surface area contributed by atoms with Crippen molar-refractivity contribution in [1.82, 2.24) is 15.5 Å². The summed E-state index contributed by atoms with van der Waals surface area (Å²) in [5.74, 6) is 1.48. The lowest BCUT2D eigenvalue weighted by Crippen LogP contribution is -2.39. The van der Waals surface area contributed by atoms with Crippen molar-refractivity contribution in [3.63, 3.8) is 0 Å². The van der Waals surface area contributed by atoms with Crippen LogP contribution in [0.1, 0.15) is 38.7 Å². The molecule has 1 aliphatic heterocycles. The third-order valence-electron chi connectivity index (χ3n) is 4.49. The molecule has 7 heteroatoms. The Morgan fingerprint density at radius 1 is 1.29 bits per heavy atom. The molecule has 2 rings (SSSR count). The number of aliphatic imine (C=N–C) groups is 1. The minimum Gasteiger partial charge on any atom is -0.376 e. The van der Waals surface area contributed by atoms with Gasteiger partial charge in [0.05, 0.1) is 13.2 Å². The zero-order valence-electron chi connectivity index (χ0n) is 17.2. The molecule has 1 aromatic carbocycles. The standard InChI is InChI=1S/C21H34N4O2.HI/c1-3-22-21(23-12-8-14-25-13-7-11-20(25)26)24-15-18(2)16-27-17-19-9-5-4-6-10-19;/h4-6,9-10,18H,3,7-8,11-17H2,1-2H3,(H2,22,23,24);1H. The molecule has 1 fully saturated rings. The van der Waals surface area contributed by atoms with Gasteiger partial charge in [0.1, 0.15) is 0 Å². The van der Waals surface area contributed by atoms with Gasteiger partial charge >= 0.3 is 0 Å². The molecule has 6 nitrogen and oxygen atoms in total. The molecule has 1 heterocycles. The van der Waals surface area contributed by atoms with Gasteiger partial charge in [-0.05, 0) is 31.2 Å². The van der Waals surface area contributed by atoms with Crippen LogP contribution in [0, 0.1) is 5.92 Å². The van der Waals surface area contributed by atoms with E-state index in [0.29, 0.717) is 38.0 Å². The van der Waals surface area contributed by atoms with Gasteiger partial charge in [-0.25, -0.2) is 0 Å². The Kier molecular flexibility index (Phi) is 12.9. The number of rotatable bonds is 11. The first-order chi connectivity index (χ1) is 13.2. The third kappa shape index (κ3) is 9.73. The molecule has 0 bridgehead atoms. The number of halogens is 1. The van der Waals surface area contributed by atoms with Crippen LogP contribution in [-0.2, 0) is 16.1 Å². The summed E-state index contributed by atoms with van der Waals surface area (Å²) in [5.41, 5.74) is 1.19. The summed E-state index contributed by atoms with van der Waals surface area (Å²) < 4.78 is 5.79. The second-order valence-electron chi connectivity index (χ2n) is 7.09. The average molecular weight is 502 g/mol. The lowest BCUT2D eigenvalue weighted by Gasteiger charge is -2.17. The van der Waals surface area contributed by atoms with E-state index in [1.54, 1.807) is 0 Å². The van der Waals surface area contributed by atoms with Crippen LogP contribution in [0.3, 0.4) is 0 Å². The number of carbonyl (C=O) groups is 1. The summed E-state index contributed by atoms with van der Waals surface area (Å²) >= 11 is 0. The highest BCUT2D eigenvalue weighted by Crippen LogP contribution is 2.09. The average Bonchev–Trinajstić information content (AvgIpc) is 3.09. The van der Waals surface area contributed by atoms with Crippen LogP contribution in [0.2, 0.25) is 0 Å². The van der Waals surface area contributed by atoms with Crippen LogP contribution in [0.15, 0.2) is 35.3 Å². The third-order valence-corrected chi connectivity index (χ3v) is 4.49. The summed E-state index contributed by atoms with van der Waals surface area (Å²) in [6.07, 6.45) is 2.65. The molecular formula is C21H35IN4O2. The Bertz CT molecular complexity index is 583. The van der Waals surface area contributed by atoms with Crippen LogP contribution in [-0.4, -0.2) is 56.1 Å². The lowest BCUT2D eigenvalue weighted by atomic mass is 10.2. The predicted octanol–water partition coefficient (Wildman–Crippen LogP) is 3.02. The fourth-order valence-electron chi connectivity index (χ4n) is 3.01. The molecule has 1 aromatic rings. The molecule has 1 saturated heterocycles. The number of amides is 1. The van der Waals surface area contributed by atoms with E-state index in [1.165, 1.54) is 5.56 Å². The number of likely N-dealkylation sites (tertiary alicyclic amines) is 1. The maximum Gasteiger partial charge on any atom is 0.222 e. The first kappa shape index (κ1) is 24.7. The quantitative estimate of drug-likeness (QED) is 0.211. The van der Waals surface area contributed by atoms with E-state index in [2.05, 4.69) is 41.6 Å². The van der Waals surface area contributed by atoms with E-state index in [-0.39, 0.29) is 24.0 Å². The number of guanidine groups is 1. The van der Waals surface area contributed by atoms with Gasteiger partial charge in [-0.3, -0.25) is 9.79 Å².